The summed E-state index contributed by atoms with van der Waals surface area (Å²) in [6, 6.07) is 17.8. The van der Waals surface area contributed by atoms with Crippen LogP contribution in [0.3, 0.4) is 0 Å². The Kier molecular flexibility index (Phi) is 4.71. The van der Waals surface area contributed by atoms with Gasteiger partial charge in [-0.1, -0.05) is 48.2 Å². The summed E-state index contributed by atoms with van der Waals surface area (Å²) in [6.07, 6.45) is -3.70. The number of aromatic nitrogens is 2. The van der Waals surface area contributed by atoms with Crippen LogP contribution in [0.25, 0.3) is 0 Å². The maximum absolute atomic E-state index is 13.2. The number of nitrogens with zero attached hydrogens (tertiary/aromatic N) is 2. The fourth-order valence-electron chi connectivity index (χ4n) is 1.95. The Labute approximate surface area is 141 Å². The lowest BCUT2D eigenvalue weighted by atomic mass is 10.3. The monoisotopic (exact) mass is 347 g/mol. The molecule has 3 aromatic rings. The molecule has 122 valence electrons. The van der Waals surface area contributed by atoms with Crippen LogP contribution in [-0.4, -0.2) is 9.97 Å². The number of nitrogens with one attached hydrogen (secondary N) is 1. The van der Waals surface area contributed by atoms with E-state index in [0.29, 0.717) is 10.6 Å². The lowest BCUT2D eigenvalue weighted by molar-refractivity contribution is -0.140. The Hall–Kier alpha value is -2.54. The van der Waals surface area contributed by atoms with Crippen molar-refractivity contribution in [2.24, 2.45) is 0 Å². The minimum atomic E-state index is -4.51. The molecular formula is C17H12F3N3S. The van der Waals surface area contributed by atoms with Crippen molar-refractivity contribution in [3.8, 4) is 0 Å². The number of benzene rings is 2. The van der Waals surface area contributed by atoms with Crippen molar-refractivity contribution in [1.29, 1.82) is 0 Å². The van der Waals surface area contributed by atoms with E-state index in [1.807, 2.05) is 18.2 Å². The Bertz CT molecular complexity index is 808. The summed E-state index contributed by atoms with van der Waals surface area (Å²) in [5.74, 6) is 0.118. The van der Waals surface area contributed by atoms with E-state index >= 15 is 0 Å². The van der Waals surface area contributed by atoms with Gasteiger partial charge in [0.25, 0.3) is 0 Å². The van der Waals surface area contributed by atoms with Gasteiger partial charge in [-0.25, -0.2) is 9.97 Å². The van der Waals surface area contributed by atoms with E-state index in [4.69, 9.17) is 0 Å². The highest BCUT2D eigenvalue weighted by atomic mass is 32.2. The number of hydrogen-bond acceptors (Lipinski definition) is 4. The Morgan fingerprint density at radius 1 is 0.875 bits per heavy atom. The van der Waals surface area contributed by atoms with Gasteiger partial charge in [0.1, 0.15) is 10.6 Å². The summed E-state index contributed by atoms with van der Waals surface area (Å²) in [7, 11) is 0. The molecule has 0 unspecified atom stereocenters. The van der Waals surface area contributed by atoms with Crippen LogP contribution in [0.15, 0.2) is 76.8 Å². The number of halogens is 3. The fourth-order valence-corrected chi connectivity index (χ4v) is 2.88. The minimum Gasteiger partial charge on any atom is -0.324 e. The Morgan fingerprint density at radius 2 is 1.50 bits per heavy atom. The van der Waals surface area contributed by atoms with Gasteiger partial charge in [0, 0.05) is 16.8 Å². The molecule has 0 aliphatic carbocycles. The van der Waals surface area contributed by atoms with E-state index in [1.165, 1.54) is 0 Å². The summed E-state index contributed by atoms with van der Waals surface area (Å²) >= 11 is 0.955. The summed E-state index contributed by atoms with van der Waals surface area (Å²) in [4.78, 5) is 8.51. The number of anilines is 2. The molecule has 24 heavy (non-hydrogen) atoms. The molecule has 7 heteroatoms. The third kappa shape index (κ3) is 4.05. The van der Waals surface area contributed by atoms with Gasteiger partial charge >= 0.3 is 6.18 Å². The number of hydrogen-bond donors (Lipinski definition) is 1. The highest BCUT2D eigenvalue weighted by Crippen LogP contribution is 2.38. The molecule has 3 nitrogen and oxygen atoms in total. The van der Waals surface area contributed by atoms with E-state index in [1.54, 1.807) is 42.5 Å². The van der Waals surface area contributed by atoms with Gasteiger partial charge in [-0.3, -0.25) is 0 Å². The quantitative estimate of drug-likeness (QED) is 0.642. The molecule has 1 N–H and O–H groups in total. The van der Waals surface area contributed by atoms with Gasteiger partial charge in [0.05, 0.1) is 0 Å². The molecule has 0 saturated heterocycles. The number of alkyl halides is 3. The lowest BCUT2D eigenvalue weighted by Crippen LogP contribution is -2.10. The molecule has 0 saturated carbocycles. The average Bonchev–Trinajstić information content (AvgIpc) is 2.56. The third-order valence-electron chi connectivity index (χ3n) is 3.05. The zero-order valence-corrected chi connectivity index (χ0v) is 13.1. The first-order chi connectivity index (χ1) is 11.5. The van der Waals surface area contributed by atoms with Crippen LogP contribution >= 0.6 is 11.8 Å². The van der Waals surface area contributed by atoms with Crippen LogP contribution in [0.5, 0.6) is 0 Å². The molecule has 0 amide bonds. The SMILES string of the molecule is FC(F)(F)c1cnc(Nc2ccccc2)nc1Sc1ccccc1. The molecule has 3 rings (SSSR count). The Morgan fingerprint density at radius 3 is 2.12 bits per heavy atom. The van der Waals surface area contributed by atoms with Crippen LogP contribution < -0.4 is 5.32 Å². The predicted octanol–water partition coefficient (Wildman–Crippen LogP) is 5.39. The van der Waals surface area contributed by atoms with Crippen LogP contribution in [0, 0.1) is 0 Å². The van der Waals surface area contributed by atoms with Crippen molar-refractivity contribution < 1.29 is 13.2 Å². The van der Waals surface area contributed by atoms with Crippen molar-refractivity contribution >= 4 is 23.4 Å². The van der Waals surface area contributed by atoms with Crippen molar-refractivity contribution in [2.75, 3.05) is 5.32 Å². The molecule has 2 aromatic carbocycles. The topological polar surface area (TPSA) is 37.8 Å². The largest absolute Gasteiger partial charge is 0.420 e. The first-order valence-electron chi connectivity index (χ1n) is 7.01. The maximum Gasteiger partial charge on any atom is 0.420 e. The zero-order valence-electron chi connectivity index (χ0n) is 12.3. The summed E-state index contributed by atoms with van der Waals surface area (Å²) < 4.78 is 39.6. The highest BCUT2D eigenvalue weighted by Gasteiger charge is 2.35. The standard InChI is InChI=1S/C17H12F3N3S/c18-17(19,20)14-11-21-16(22-12-7-3-1-4-8-12)23-15(14)24-13-9-5-2-6-10-13/h1-11H,(H,21,22,23). The number of para-hydroxylation sites is 1. The molecule has 0 radical (unpaired) electrons. The van der Waals surface area contributed by atoms with Gasteiger partial charge in [-0.2, -0.15) is 13.2 Å². The molecule has 1 heterocycles. The molecule has 1 aromatic heterocycles. The molecule has 0 aliphatic heterocycles. The molecular weight excluding hydrogens is 335 g/mol. The lowest BCUT2D eigenvalue weighted by Gasteiger charge is -2.13. The molecule has 0 fully saturated rings. The van der Waals surface area contributed by atoms with Crippen molar-refractivity contribution in [3.63, 3.8) is 0 Å². The zero-order chi connectivity index (χ0) is 17.0. The van der Waals surface area contributed by atoms with Gasteiger partial charge in [0.15, 0.2) is 0 Å². The van der Waals surface area contributed by atoms with Crippen molar-refractivity contribution in [2.45, 2.75) is 16.1 Å². The number of rotatable bonds is 4. The van der Waals surface area contributed by atoms with Gasteiger partial charge < -0.3 is 5.32 Å². The Balaban J connectivity index is 1.94. The molecule has 0 spiro atoms. The van der Waals surface area contributed by atoms with Crippen molar-refractivity contribution in [1.82, 2.24) is 9.97 Å². The van der Waals surface area contributed by atoms with Gasteiger partial charge in [0.2, 0.25) is 5.95 Å². The van der Waals surface area contributed by atoms with E-state index in [0.717, 1.165) is 18.0 Å². The second-order valence-electron chi connectivity index (χ2n) is 4.82. The molecule has 0 aliphatic rings. The summed E-state index contributed by atoms with van der Waals surface area (Å²) in [6.45, 7) is 0. The minimum absolute atomic E-state index is 0.118. The average molecular weight is 347 g/mol. The predicted molar refractivity (Wildman–Crippen MR) is 87.3 cm³/mol. The van der Waals surface area contributed by atoms with Crippen LogP contribution in [-0.2, 0) is 6.18 Å². The second kappa shape index (κ2) is 6.92. The van der Waals surface area contributed by atoms with Crippen LogP contribution in [0.4, 0.5) is 24.8 Å². The van der Waals surface area contributed by atoms with Gasteiger partial charge in [-0.05, 0) is 24.3 Å². The van der Waals surface area contributed by atoms with E-state index in [9.17, 15) is 13.2 Å². The van der Waals surface area contributed by atoms with Crippen LogP contribution in [0.2, 0.25) is 0 Å². The van der Waals surface area contributed by atoms with Crippen molar-refractivity contribution in [3.05, 3.63) is 72.4 Å². The van der Waals surface area contributed by atoms with Crippen LogP contribution in [0.1, 0.15) is 5.56 Å². The second-order valence-corrected chi connectivity index (χ2v) is 5.88. The first kappa shape index (κ1) is 16.3. The maximum atomic E-state index is 13.2. The highest BCUT2D eigenvalue weighted by molar-refractivity contribution is 7.99. The molecule has 0 atom stereocenters. The van der Waals surface area contributed by atoms with E-state index in [2.05, 4.69) is 15.3 Å². The van der Waals surface area contributed by atoms with Gasteiger partial charge in [-0.15, -0.1) is 0 Å². The first-order valence-corrected chi connectivity index (χ1v) is 7.83. The van der Waals surface area contributed by atoms with E-state index in [-0.39, 0.29) is 11.0 Å². The van der Waals surface area contributed by atoms with E-state index < -0.39 is 11.7 Å². The smallest absolute Gasteiger partial charge is 0.324 e. The fraction of sp³-hybridized carbons (Fsp3) is 0.0588. The summed E-state index contributed by atoms with van der Waals surface area (Å²) in [5.41, 5.74) is -0.150. The summed E-state index contributed by atoms with van der Waals surface area (Å²) in [5, 5.41) is 2.77. The molecule has 0 bridgehead atoms. The normalized spacial score (nSPS) is 11.3. The third-order valence-corrected chi connectivity index (χ3v) is 4.06.